The fourth-order valence-corrected chi connectivity index (χ4v) is 3.67. The molecule has 1 aliphatic heterocycles. The molecule has 5 rings (SSSR count). The lowest BCUT2D eigenvalue weighted by atomic mass is 10.00. The minimum Gasteiger partial charge on any atom is -0.359 e. The molecule has 0 bridgehead atoms. The predicted octanol–water partition coefficient (Wildman–Crippen LogP) is 4.13. The van der Waals surface area contributed by atoms with Crippen molar-refractivity contribution >= 4 is 16.6 Å². The molecule has 29 heavy (non-hydrogen) atoms. The zero-order chi connectivity index (χ0) is 20.0. The molecule has 0 radical (unpaired) electrons. The van der Waals surface area contributed by atoms with Crippen LogP contribution in [0, 0.1) is 5.82 Å². The van der Waals surface area contributed by atoms with E-state index in [1.807, 2.05) is 18.2 Å². The van der Waals surface area contributed by atoms with Crippen LogP contribution in [0.3, 0.4) is 0 Å². The highest BCUT2D eigenvalue weighted by Crippen LogP contribution is 2.32. The average molecular weight is 384 g/mol. The van der Waals surface area contributed by atoms with Gasteiger partial charge in [0.15, 0.2) is 0 Å². The number of halogens is 1. The maximum absolute atomic E-state index is 14.8. The molecule has 2 aromatic heterocycles. The number of fused-ring (bicyclic) bond motifs is 2. The third-order valence-electron chi connectivity index (χ3n) is 5.18. The Hall–Kier alpha value is -3.80. The summed E-state index contributed by atoms with van der Waals surface area (Å²) >= 11 is 0. The van der Waals surface area contributed by atoms with Gasteiger partial charge >= 0.3 is 0 Å². The fourth-order valence-electron chi connectivity index (χ4n) is 3.67. The van der Waals surface area contributed by atoms with Gasteiger partial charge < -0.3 is 5.32 Å². The second kappa shape index (κ2) is 6.67. The first-order valence-electron chi connectivity index (χ1n) is 9.24. The largest absolute Gasteiger partial charge is 0.359 e. The Labute approximate surface area is 166 Å². The van der Waals surface area contributed by atoms with Crippen LogP contribution in [-0.4, -0.2) is 14.5 Å². The first-order chi connectivity index (χ1) is 14.1. The number of benzene rings is 2. The molecule has 0 saturated carbocycles. The Morgan fingerprint density at radius 2 is 1.97 bits per heavy atom. The van der Waals surface area contributed by atoms with Gasteiger partial charge in [-0.3, -0.25) is 14.3 Å². The molecule has 0 unspecified atom stereocenters. The highest BCUT2D eigenvalue weighted by atomic mass is 19.1. The third kappa shape index (κ3) is 3.08. The molecule has 4 aromatic rings. The third-order valence-corrected chi connectivity index (χ3v) is 5.18. The molecule has 0 amide bonds. The molecule has 1 N–H and O–H groups in total. The van der Waals surface area contributed by atoms with Gasteiger partial charge in [-0.25, -0.2) is 9.37 Å². The zero-order valence-electron chi connectivity index (χ0n) is 15.5. The summed E-state index contributed by atoms with van der Waals surface area (Å²) in [6, 6.07) is 12.7. The van der Waals surface area contributed by atoms with E-state index in [1.54, 1.807) is 18.3 Å². The van der Waals surface area contributed by atoms with Crippen LogP contribution < -0.4 is 10.9 Å². The van der Waals surface area contributed by atoms with Crippen molar-refractivity contribution < 1.29 is 4.39 Å². The van der Waals surface area contributed by atoms with Crippen molar-refractivity contribution in [1.82, 2.24) is 14.5 Å². The van der Waals surface area contributed by atoms with Gasteiger partial charge in [-0.05, 0) is 41.0 Å². The molecule has 0 saturated heterocycles. The van der Waals surface area contributed by atoms with E-state index in [-0.39, 0.29) is 17.9 Å². The van der Waals surface area contributed by atoms with Crippen LogP contribution in [0.2, 0.25) is 0 Å². The van der Waals surface area contributed by atoms with Crippen LogP contribution in [0.1, 0.15) is 11.1 Å². The molecule has 2 aromatic carbocycles. The molecule has 6 heteroatoms. The van der Waals surface area contributed by atoms with E-state index in [1.165, 1.54) is 23.2 Å². The molecule has 0 spiro atoms. The molecular weight excluding hydrogens is 367 g/mol. The molecule has 0 fully saturated rings. The van der Waals surface area contributed by atoms with E-state index >= 15 is 0 Å². The van der Waals surface area contributed by atoms with Gasteiger partial charge in [-0.1, -0.05) is 24.8 Å². The maximum atomic E-state index is 14.8. The van der Waals surface area contributed by atoms with E-state index in [4.69, 9.17) is 0 Å². The Bertz CT molecular complexity index is 1340. The SMILES string of the molecule is C=C1Cc2cc(-c3ccc(Cn4cnc5cnccc5c4=O)c(F)c3)ccc2N1. The zero-order valence-corrected chi connectivity index (χ0v) is 15.5. The van der Waals surface area contributed by atoms with Crippen LogP contribution in [0.5, 0.6) is 0 Å². The lowest BCUT2D eigenvalue weighted by molar-refractivity contribution is 0.596. The van der Waals surface area contributed by atoms with Gasteiger partial charge in [-0.15, -0.1) is 0 Å². The van der Waals surface area contributed by atoms with Crippen LogP contribution in [-0.2, 0) is 13.0 Å². The van der Waals surface area contributed by atoms with Crippen molar-refractivity contribution in [3.63, 3.8) is 0 Å². The summed E-state index contributed by atoms with van der Waals surface area (Å²) in [5.41, 5.74) is 5.65. The molecule has 0 atom stereocenters. The summed E-state index contributed by atoms with van der Waals surface area (Å²) in [5.74, 6) is -0.354. The Morgan fingerprint density at radius 1 is 1.14 bits per heavy atom. The van der Waals surface area contributed by atoms with E-state index in [0.717, 1.165) is 34.5 Å². The van der Waals surface area contributed by atoms with Gasteiger partial charge in [0.25, 0.3) is 5.56 Å². The number of nitrogens with zero attached hydrogens (tertiary/aromatic N) is 3. The number of nitrogens with one attached hydrogen (secondary N) is 1. The van der Waals surface area contributed by atoms with Crippen LogP contribution in [0.15, 0.2) is 78.3 Å². The second-order valence-electron chi connectivity index (χ2n) is 7.15. The van der Waals surface area contributed by atoms with Gasteiger partial charge in [0, 0.05) is 29.6 Å². The summed E-state index contributed by atoms with van der Waals surface area (Å²) < 4.78 is 16.2. The highest BCUT2D eigenvalue weighted by molar-refractivity contribution is 5.76. The van der Waals surface area contributed by atoms with Crippen LogP contribution >= 0.6 is 0 Å². The standard InChI is InChI=1S/C23H17FN4O/c1-14-8-18-9-15(4-5-21(18)27-14)16-2-3-17(20(24)10-16)12-28-13-26-22-11-25-7-6-19(22)23(28)29/h2-7,9-11,13,27H,1,8,12H2. The highest BCUT2D eigenvalue weighted by Gasteiger charge is 2.15. The van der Waals surface area contributed by atoms with Crippen LogP contribution in [0.25, 0.3) is 22.0 Å². The van der Waals surface area contributed by atoms with Crippen molar-refractivity contribution in [3.8, 4) is 11.1 Å². The first kappa shape index (κ1) is 17.3. The van der Waals surface area contributed by atoms with Gasteiger partial charge in [0.2, 0.25) is 0 Å². The molecule has 0 aliphatic carbocycles. The summed E-state index contributed by atoms with van der Waals surface area (Å²) in [6.07, 6.45) is 5.29. The molecule has 3 heterocycles. The van der Waals surface area contributed by atoms with Crippen molar-refractivity contribution in [2.75, 3.05) is 5.32 Å². The summed E-state index contributed by atoms with van der Waals surface area (Å²) in [7, 11) is 0. The number of hydrogen-bond acceptors (Lipinski definition) is 4. The Morgan fingerprint density at radius 3 is 2.83 bits per heavy atom. The van der Waals surface area contributed by atoms with E-state index < -0.39 is 0 Å². The lowest BCUT2D eigenvalue weighted by Gasteiger charge is -2.10. The number of rotatable bonds is 3. The van der Waals surface area contributed by atoms with Crippen molar-refractivity contribution in [2.24, 2.45) is 0 Å². The molecular formula is C23H17FN4O. The summed E-state index contributed by atoms with van der Waals surface area (Å²) in [5, 5.41) is 3.70. The number of hydrogen-bond donors (Lipinski definition) is 1. The summed E-state index contributed by atoms with van der Waals surface area (Å²) in [6.45, 7) is 4.07. The smallest absolute Gasteiger partial charge is 0.261 e. The van der Waals surface area contributed by atoms with Gasteiger partial charge in [0.1, 0.15) is 5.82 Å². The van der Waals surface area contributed by atoms with Gasteiger partial charge in [0.05, 0.1) is 30.0 Å². The van der Waals surface area contributed by atoms with Crippen molar-refractivity contribution in [2.45, 2.75) is 13.0 Å². The van der Waals surface area contributed by atoms with E-state index in [9.17, 15) is 9.18 Å². The topological polar surface area (TPSA) is 59.8 Å². The Balaban J connectivity index is 1.47. The van der Waals surface area contributed by atoms with E-state index in [0.29, 0.717) is 16.5 Å². The fraction of sp³-hybridized carbons (Fsp3) is 0.0870. The quantitative estimate of drug-likeness (QED) is 0.577. The molecule has 1 aliphatic rings. The monoisotopic (exact) mass is 384 g/mol. The maximum Gasteiger partial charge on any atom is 0.261 e. The van der Waals surface area contributed by atoms with Gasteiger partial charge in [-0.2, -0.15) is 0 Å². The predicted molar refractivity (Wildman–Crippen MR) is 111 cm³/mol. The van der Waals surface area contributed by atoms with Crippen molar-refractivity contribution in [3.05, 3.63) is 101 Å². The summed E-state index contributed by atoms with van der Waals surface area (Å²) in [4.78, 5) is 20.8. The average Bonchev–Trinajstić information content (AvgIpc) is 3.10. The number of pyridine rings is 1. The van der Waals surface area contributed by atoms with Crippen molar-refractivity contribution in [1.29, 1.82) is 0 Å². The Kier molecular flexibility index (Phi) is 3.98. The minimum absolute atomic E-state index is 0.115. The lowest BCUT2D eigenvalue weighted by Crippen LogP contribution is -2.21. The van der Waals surface area contributed by atoms with Crippen LogP contribution in [0.4, 0.5) is 10.1 Å². The number of anilines is 1. The number of allylic oxidation sites excluding steroid dienone is 1. The minimum atomic E-state index is -0.354. The normalized spacial score (nSPS) is 12.8. The molecule has 5 nitrogen and oxygen atoms in total. The molecule has 142 valence electrons. The van der Waals surface area contributed by atoms with E-state index in [2.05, 4.69) is 27.9 Å². The number of aromatic nitrogens is 3. The first-order valence-corrected chi connectivity index (χ1v) is 9.24. The second-order valence-corrected chi connectivity index (χ2v) is 7.15.